The summed E-state index contributed by atoms with van der Waals surface area (Å²) >= 11 is 3.46. The Balaban J connectivity index is 0.000000384. The summed E-state index contributed by atoms with van der Waals surface area (Å²) in [7, 11) is -9.87. The molecule has 36 heavy (non-hydrogen) atoms. The van der Waals surface area contributed by atoms with E-state index in [1.165, 1.54) is 0 Å². The Bertz CT molecular complexity index is 1070. The zero-order valence-electron chi connectivity index (χ0n) is 22.4. The second kappa shape index (κ2) is 12.8. The van der Waals surface area contributed by atoms with Crippen LogP contribution in [0.1, 0.15) is 61.1 Å². The van der Waals surface area contributed by atoms with Crippen LogP contribution in [0.3, 0.4) is 0 Å². The van der Waals surface area contributed by atoms with Gasteiger partial charge in [-0.3, -0.25) is 4.40 Å². The van der Waals surface area contributed by atoms with Crippen LogP contribution in [0.25, 0.3) is 5.78 Å². The second-order valence-electron chi connectivity index (χ2n) is 9.15. The van der Waals surface area contributed by atoms with Crippen molar-refractivity contribution in [2.45, 2.75) is 103 Å². The lowest BCUT2D eigenvalue weighted by Gasteiger charge is -2.37. The van der Waals surface area contributed by atoms with Crippen molar-refractivity contribution in [3.63, 3.8) is 0 Å². The summed E-state index contributed by atoms with van der Waals surface area (Å²) in [6, 6.07) is 6.52. The van der Waals surface area contributed by atoms with Crippen LogP contribution in [0.5, 0.6) is 0 Å². The molecule has 0 fully saturated rings. The molecule has 2 aromatic heterocycles. The Morgan fingerprint density at radius 1 is 0.944 bits per heavy atom. The van der Waals surface area contributed by atoms with Crippen molar-refractivity contribution < 1.29 is 29.9 Å². The van der Waals surface area contributed by atoms with Crippen molar-refractivity contribution in [3.05, 3.63) is 28.8 Å². The molecule has 0 atom stereocenters. The molecule has 2 rings (SSSR count). The lowest BCUT2D eigenvalue weighted by molar-refractivity contribution is -0.0504. The number of nitrogens with zero attached hydrogens (tertiary/aromatic N) is 3. The predicted octanol–water partition coefficient (Wildman–Crippen LogP) is 7.61. The van der Waals surface area contributed by atoms with E-state index in [1.807, 2.05) is 16.7 Å². The first-order chi connectivity index (χ1) is 16.5. The third-order valence-corrected chi connectivity index (χ3v) is 19.0. The molecule has 0 aliphatic carbocycles. The Morgan fingerprint density at radius 2 is 1.42 bits per heavy atom. The van der Waals surface area contributed by atoms with Gasteiger partial charge in [-0.05, 0) is 72.1 Å². The van der Waals surface area contributed by atoms with Gasteiger partial charge in [-0.15, -0.1) is 0 Å². The fraction of sp³-hybridized carbons (Fsp3) is 0.727. The fourth-order valence-corrected chi connectivity index (χ4v) is 12.6. The van der Waals surface area contributed by atoms with Crippen LogP contribution in [-0.2, 0) is 24.0 Å². The molecule has 0 spiro atoms. The molecule has 0 N–H and O–H groups in total. The number of aromatic nitrogens is 3. The van der Waals surface area contributed by atoms with E-state index < -0.39 is 32.3 Å². The number of halogens is 4. The Labute approximate surface area is 223 Å². The second-order valence-corrected chi connectivity index (χ2v) is 21.2. The van der Waals surface area contributed by atoms with Gasteiger partial charge in [0, 0.05) is 6.20 Å². The highest BCUT2D eigenvalue weighted by Gasteiger charge is 2.51. The number of hydrogen-bond acceptors (Lipinski definition) is 6. The van der Waals surface area contributed by atoms with Crippen LogP contribution >= 0.6 is 15.9 Å². The standard InChI is InChI=1S/C15H24BrN3OSi.C7H15F3O3SSi/c1-6-21(7-2,8-3)20-15(4,5)12-9-10-19-13(16)11-17-14(19)18-12;1-4-15(5-2,6-3)13-14(11,12)7(8,9)10/h9-11H,6-8H2,1-5H3;4-6H2,1-3H3. The van der Waals surface area contributed by atoms with E-state index in [0.29, 0.717) is 23.9 Å². The van der Waals surface area contributed by atoms with Gasteiger partial charge < -0.3 is 8.30 Å². The highest BCUT2D eigenvalue weighted by molar-refractivity contribution is 9.10. The molecule has 208 valence electrons. The summed E-state index contributed by atoms with van der Waals surface area (Å²) in [6.45, 7) is 16.0. The summed E-state index contributed by atoms with van der Waals surface area (Å²) in [4.78, 5) is 8.98. The first-order valence-electron chi connectivity index (χ1n) is 12.2. The molecule has 0 amide bonds. The van der Waals surface area contributed by atoms with E-state index >= 15 is 0 Å². The van der Waals surface area contributed by atoms with Crippen molar-refractivity contribution in [2.75, 3.05) is 0 Å². The van der Waals surface area contributed by atoms with Crippen LogP contribution in [-0.4, -0.2) is 44.9 Å². The first-order valence-corrected chi connectivity index (χ1v) is 19.5. The minimum Gasteiger partial charge on any atom is -0.406 e. The third-order valence-electron chi connectivity index (χ3n) is 6.86. The summed E-state index contributed by atoms with van der Waals surface area (Å²) in [6.07, 6.45) is 3.76. The lowest BCUT2D eigenvalue weighted by atomic mass is 10.1. The largest absolute Gasteiger partial charge is 0.522 e. The third kappa shape index (κ3) is 7.85. The Morgan fingerprint density at radius 3 is 1.83 bits per heavy atom. The van der Waals surface area contributed by atoms with Crippen molar-refractivity contribution in [1.82, 2.24) is 14.4 Å². The van der Waals surface area contributed by atoms with Gasteiger partial charge in [0.25, 0.3) is 0 Å². The molecule has 0 aliphatic rings. The van der Waals surface area contributed by atoms with Crippen LogP contribution in [0.15, 0.2) is 23.1 Å². The number of hydrogen-bond donors (Lipinski definition) is 0. The van der Waals surface area contributed by atoms with Crippen LogP contribution in [0, 0.1) is 0 Å². The van der Waals surface area contributed by atoms with E-state index in [1.54, 1.807) is 27.0 Å². The maximum absolute atomic E-state index is 12.1. The molecule has 0 saturated heterocycles. The molecule has 7 nitrogen and oxygen atoms in total. The quantitative estimate of drug-likeness (QED) is 0.187. The minimum absolute atomic E-state index is 0.356. The molecule has 2 aromatic rings. The van der Waals surface area contributed by atoms with Crippen LogP contribution in [0.2, 0.25) is 36.3 Å². The van der Waals surface area contributed by atoms with Gasteiger partial charge in [0.2, 0.25) is 14.1 Å². The van der Waals surface area contributed by atoms with E-state index in [9.17, 15) is 21.6 Å². The van der Waals surface area contributed by atoms with Gasteiger partial charge in [0.1, 0.15) is 4.60 Å². The summed E-state index contributed by atoms with van der Waals surface area (Å²) in [5.41, 5.74) is -4.75. The predicted molar refractivity (Wildman–Crippen MR) is 145 cm³/mol. The monoisotopic (exact) mass is 633 g/mol. The van der Waals surface area contributed by atoms with Crippen molar-refractivity contribution >= 4 is 48.5 Å². The molecule has 0 unspecified atom stereocenters. The van der Waals surface area contributed by atoms with E-state index in [-0.39, 0.29) is 5.60 Å². The average molecular weight is 635 g/mol. The average Bonchev–Trinajstić information content (AvgIpc) is 3.21. The minimum atomic E-state index is -5.43. The maximum Gasteiger partial charge on any atom is 0.522 e. The fourth-order valence-electron chi connectivity index (χ4n) is 3.94. The van der Waals surface area contributed by atoms with E-state index in [2.05, 4.69) is 64.4 Å². The Hall–Kier alpha value is -0.806. The SMILES string of the molecule is CC[Si](CC)(CC)OC(C)(C)c1ccn2c(Br)cnc2n1.CC[Si](CC)(CC)OS(=O)(=O)C(F)(F)F. The van der Waals surface area contributed by atoms with Crippen molar-refractivity contribution in [1.29, 1.82) is 0 Å². The molecule has 2 heterocycles. The van der Waals surface area contributed by atoms with Crippen LogP contribution < -0.4 is 0 Å². The highest BCUT2D eigenvalue weighted by atomic mass is 79.9. The lowest BCUT2D eigenvalue weighted by Crippen LogP contribution is -2.43. The molecule has 0 saturated carbocycles. The smallest absolute Gasteiger partial charge is 0.406 e. The first kappa shape index (κ1) is 33.2. The molecule has 0 aliphatic heterocycles. The van der Waals surface area contributed by atoms with Gasteiger partial charge in [0.05, 0.1) is 17.5 Å². The zero-order chi connectivity index (χ0) is 28.0. The zero-order valence-corrected chi connectivity index (χ0v) is 26.8. The van der Waals surface area contributed by atoms with Gasteiger partial charge in [-0.1, -0.05) is 41.5 Å². The van der Waals surface area contributed by atoms with Gasteiger partial charge in [-0.2, -0.15) is 21.6 Å². The number of alkyl halides is 3. The van der Waals surface area contributed by atoms with E-state index in [4.69, 9.17) is 4.43 Å². The highest BCUT2D eigenvalue weighted by Crippen LogP contribution is 2.34. The van der Waals surface area contributed by atoms with Gasteiger partial charge >= 0.3 is 15.6 Å². The molecule has 14 heteroatoms. The maximum atomic E-state index is 12.1. The molecule has 0 bridgehead atoms. The molecular weight excluding hydrogens is 595 g/mol. The van der Waals surface area contributed by atoms with E-state index in [0.717, 1.165) is 28.4 Å². The summed E-state index contributed by atoms with van der Waals surface area (Å²) in [5, 5.41) is 0. The Kier molecular flexibility index (Phi) is 11.8. The summed E-state index contributed by atoms with van der Waals surface area (Å²) < 4.78 is 71.8. The molecular formula is C22H39BrF3N3O4SSi2. The van der Waals surface area contributed by atoms with Crippen molar-refractivity contribution in [2.24, 2.45) is 0 Å². The van der Waals surface area contributed by atoms with Crippen LogP contribution in [0.4, 0.5) is 13.2 Å². The number of fused-ring (bicyclic) bond motifs is 1. The number of rotatable bonds is 11. The molecule has 0 aromatic carbocycles. The molecule has 0 radical (unpaired) electrons. The normalized spacial score (nSPS) is 13.6. The topological polar surface area (TPSA) is 82.8 Å². The number of imidazole rings is 1. The van der Waals surface area contributed by atoms with Crippen molar-refractivity contribution in [3.8, 4) is 0 Å². The van der Waals surface area contributed by atoms with Gasteiger partial charge in [0.15, 0.2) is 8.32 Å². The van der Waals surface area contributed by atoms with Gasteiger partial charge in [-0.25, -0.2) is 9.97 Å². The summed E-state index contributed by atoms with van der Waals surface area (Å²) in [5.74, 6) is 0.702.